The van der Waals surface area contributed by atoms with Crippen LogP contribution in [0.5, 0.6) is 0 Å². The van der Waals surface area contributed by atoms with Crippen molar-refractivity contribution in [3.05, 3.63) is 0 Å². The molecule has 0 unspecified atom stereocenters. The van der Waals surface area contributed by atoms with Gasteiger partial charge in [0.25, 0.3) is 0 Å². The molecule has 1 saturated carbocycles. The number of rotatable bonds is 3. The third-order valence-corrected chi connectivity index (χ3v) is 2.81. The monoisotopic (exact) mass is 184 g/mol. The lowest BCUT2D eigenvalue weighted by Gasteiger charge is -2.33. The quantitative estimate of drug-likeness (QED) is 0.673. The molecule has 0 aromatic heterocycles. The smallest absolute Gasteiger partial charge is 0.155 e. The van der Waals surface area contributed by atoms with Gasteiger partial charge in [-0.1, -0.05) is 13.8 Å². The van der Waals surface area contributed by atoms with Crippen LogP contribution in [0.2, 0.25) is 0 Å². The second-order valence-electron chi connectivity index (χ2n) is 4.88. The van der Waals surface area contributed by atoms with Crippen molar-refractivity contribution in [2.45, 2.75) is 52.6 Å². The van der Waals surface area contributed by atoms with E-state index in [4.69, 9.17) is 4.74 Å². The fourth-order valence-electron chi connectivity index (χ4n) is 1.77. The van der Waals surface area contributed by atoms with E-state index < -0.39 is 0 Å². The summed E-state index contributed by atoms with van der Waals surface area (Å²) in [6.07, 6.45) is 4.99. The molecule has 0 aromatic carbocycles. The summed E-state index contributed by atoms with van der Waals surface area (Å²) in [4.78, 5) is 10.7. The van der Waals surface area contributed by atoms with Gasteiger partial charge in [-0.3, -0.25) is 4.79 Å². The molecule has 0 heterocycles. The molecule has 1 rings (SSSR count). The Kier molecular flexibility index (Phi) is 3.48. The van der Waals surface area contributed by atoms with Gasteiger partial charge in [-0.2, -0.15) is 0 Å². The van der Waals surface area contributed by atoms with Crippen LogP contribution >= 0.6 is 0 Å². The number of carbonyl (C=O) groups is 1. The van der Waals surface area contributed by atoms with Crippen LogP contribution in [0.15, 0.2) is 0 Å². The molecule has 0 N–H and O–H groups in total. The largest absolute Gasteiger partial charge is 0.370 e. The molecular formula is C11H20O2. The van der Waals surface area contributed by atoms with Crippen molar-refractivity contribution >= 4 is 5.78 Å². The van der Waals surface area contributed by atoms with Gasteiger partial charge in [-0.15, -0.1) is 0 Å². The second-order valence-corrected chi connectivity index (χ2v) is 4.88. The molecule has 0 saturated heterocycles. The van der Waals surface area contributed by atoms with Crippen molar-refractivity contribution < 1.29 is 9.53 Å². The number of Topliss-reactive ketones (excluding diaryl/α,β-unsaturated/α-hetero) is 1. The lowest BCUT2D eigenvalue weighted by atomic mass is 9.76. The highest BCUT2D eigenvalue weighted by atomic mass is 16.5. The molecule has 0 amide bonds. The van der Waals surface area contributed by atoms with Gasteiger partial charge >= 0.3 is 0 Å². The zero-order chi connectivity index (χ0) is 9.90. The molecule has 0 aliphatic heterocycles. The van der Waals surface area contributed by atoms with Gasteiger partial charge in [0.05, 0.1) is 6.10 Å². The summed E-state index contributed by atoms with van der Waals surface area (Å²) in [5, 5.41) is 0. The lowest BCUT2D eigenvalue weighted by Crippen LogP contribution is -2.27. The molecule has 76 valence electrons. The van der Waals surface area contributed by atoms with E-state index in [0.29, 0.717) is 18.1 Å². The highest BCUT2D eigenvalue weighted by Crippen LogP contribution is 2.35. The maximum absolute atomic E-state index is 10.7. The normalized spacial score (nSPS) is 23.0. The summed E-state index contributed by atoms with van der Waals surface area (Å²) < 4.78 is 5.49. The Morgan fingerprint density at radius 1 is 1.38 bits per heavy atom. The third-order valence-electron chi connectivity index (χ3n) is 2.81. The number of hydrogen-bond acceptors (Lipinski definition) is 2. The van der Waals surface area contributed by atoms with Gasteiger partial charge in [-0.25, -0.2) is 0 Å². The Labute approximate surface area is 80.7 Å². The molecule has 0 spiro atoms. The lowest BCUT2D eigenvalue weighted by molar-refractivity contribution is -0.124. The second kappa shape index (κ2) is 4.23. The summed E-state index contributed by atoms with van der Waals surface area (Å²) >= 11 is 0. The molecule has 0 bridgehead atoms. The van der Waals surface area contributed by atoms with Crippen LogP contribution in [0, 0.1) is 5.41 Å². The molecule has 0 aromatic rings. The summed E-state index contributed by atoms with van der Waals surface area (Å²) in [5.74, 6) is 0.129. The van der Waals surface area contributed by atoms with Gasteiger partial charge in [0.15, 0.2) is 5.78 Å². The number of ether oxygens (including phenoxy) is 1. The SMILES string of the molecule is CC(=O)COC1CCC(C)(C)CC1. The molecule has 0 radical (unpaired) electrons. The Morgan fingerprint density at radius 3 is 2.38 bits per heavy atom. The molecule has 0 atom stereocenters. The maximum Gasteiger partial charge on any atom is 0.155 e. The predicted octanol–water partition coefficient (Wildman–Crippen LogP) is 2.56. The van der Waals surface area contributed by atoms with Crippen molar-refractivity contribution in [2.24, 2.45) is 5.41 Å². The average molecular weight is 184 g/mol. The number of ketones is 1. The maximum atomic E-state index is 10.7. The Balaban J connectivity index is 2.21. The van der Waals surface area contributed by atoms with Crippen molar-refractivity contribution in [1.82, 2.24) is 0 Å². The Morgan fingerprint density at radius 2 is 1.92 bits per heavy atom. The molecule has 2 nitrogen and oxygen atoms in total. The Hall–Kier alpha value is -0.370. The van der Waals surface area contributed by atoms with Gasteiger partial charge in [0, 0.05) is 0 Å². The van der Waals surface area contributed by atoms with Crippen LogP contribution in [-0.2, 0) is 9.53 Å². The van der Waals surface area contributed by atoms with Crippen LogP contribution in [0.1, 0.15) is 46.5 Å². The van der Waals surface area contributed by atoms with Crippen molar-refractivity contribution in [3.63, 3.8) is 0 Å². The van der Waals surface area contributed by atoms with E-state index in [-0.39, 0.29) is 5.78 Å². The molecule has 2 heteroatoms. The highest BCUT2D eigenvalue weighted by Gasteiger charge is 2.27. The third kappa shape index (κ3) is 3.90. The molecule has 1 fully saturated rings. The van der Waals surface area contributed by atoms with Gasteiger partial charge in [0.1, 0.15) is 6.61 Å². The van der Waals surface area contributed by atoms with Crippen LogP contribution < -0.4 is 0 Å². The first-order chi connectivity index (χ1) is 5.99. The molecule has 1 aliphatic rings. The van der Waals surface area contributed by atoms with E-state index in [1.54, 1.807) is 6.92 Å². The molecule has 1 aliphatic carbocycles. The van der Waals surface area contributed by atoms with Crippen LogP contribution in [0.3, 0.4) is 0 Å². The predicted molar refractivity (Wildman–Crippen MR) is 52.7 cm³/mol. The first-order valence-electron chi connectivity index (χ1n) is 5.11. The van der Waals surface area contributed by atoms with Gasteiger partial charge in [-0.05, 0) is 38.0 Å². The van der Waals surface area contributed by atoms with E-state index >= 15 is 0 Å². The standard InChI is InChI=1S/C11H20O2/c1-9(12)8-13-10-4-6-11(2,3)7-5-10/h10H,4-8H2,1-3H3. The average Bonchev–Trinajstić information content (AvgIpc) is 2.02. The van der Waals surface area contributed by atoms with E-state index in [0.717, 1.165) is 12.8 Å². The van der Waals surface area contributed by atoms with Gasteiger partial charge in [0.2, 0.25) is 0 Å². The fraction of sp³-hybridized carbons (Fsp3) is 0.909. The minimum absolute atomic E-state index is 0.129. The van der Waals surface area contributed by atoms with Crippen molar-refractivity contribution in [3.8, 4) is 0 Å². The van der Waals surface area contributed by atoms with Crippen molar-refractivity contribution in [1.29, 1.82) is 0 Å². The Bertz CT molecular complexity index is 175. The van der Waals surface area contributed by atoms with Crippen LogP contribution in [-0.4, -0.2) is 18.5 Å². The molecule has 13 heavy (non-hydrogen) atoms. The van der Waals surface area contributed by atoms with E-state index in [9.17, 15) is 4.79 Å². The van der Waals surface area contributed by atoms with E-state index in [2.05, 4.69) is 13.8 Å². The fourth-order valence-corrected chi connectivity index (χ4v) is 1.77. The number of hydrogen-bond donors (Lipinski definition) is 0. The van der Waals surface area contributed by atoms with Gasteiger partial charge < -0.3 is 4.74 Å². The van der Waals surface area contributed by atoms with Crippen molar-refractivity contribution in [2.75, 3.05) is 6.61 Å². The summed E-state index contributed by atoms with van der Waals surface area (Å²) in [7, 11) is 0. The van der Waals surface area contributed by atoms with Crippen LogP contribution in [0.4, 0.5) is 0 Å². The topological polar surface area (TPSA) is 26.3 Å². The first-order valence-corrected chi connectivity index (χ1v) is 5.11. The zero-order valence-electron chi connectivity index (χ0n) is 8.93. The summed E-state index contributed by atoms with van der Waals surface area (Å²) in [5.41, 5.74) is 0.482. The van der Waals surface area contributed by atoms with E-state index in [1.807, 2.05) is 0 Å². The molecular weight excluding hydrogens is 164 g/mol. The minimum Gasteiger partial charge on any atom is -0.370 e. The number of carbonyl (C=O) groups excluding carboxylic acids is 1. The van der Waals surface area contributed by atoms with E-state index in [1.165, 1.54) is 12.8 Å². The summed E-state index contributed by atoms with van der Waals surface area (Å²) in [6.45, 7) is 6.47. The van der Waals surface area contributed by atoms with Crippen LogP contribution in [0.25, 0.3) is 0 Å². The minimum atomic E-state index is 0.129. The summed E-state index contributed by atoms with van der Waals surface area (Å²) in [6, 6.07) is 0. The highest BCUT2D eigenvalue weighted by molar-refractivity contribution is 5.76. The zero-order valence-corrected chi connectivity index (χ0v) is 8.93. The first kappa shape index (κ1) is 10.7.